The van der Waals surface area contributed by atoms with Crippen LogP contribution in [-0.2, 0) is 0 Å². The first kappa shape index (κ1) is 14.9. The largest absolute Gasteiger partial charge is 0.356 e. The van der Waals surface area contributed by atoms with Gasteiger partial charge in [0.05, 0.1) is 0 Å². The minimum absolute atomic E-state index is 0.732. The first-order valence-electron chi connectivity index (χ1n) is 8.16. The number of aromatic nitrogens is 3. The second-order valence-corrected chi connectivity index (χ2v) is 6.32. The number of pyridine rings is 1. The summed E-state index contributed by atoms with van der Waals surface area (Å²) < 4.78 is 0. The molecule has 1 aliphatic heterocycles. The maximum Gasteiger partial charge on any atom is 0.180 e. The lowest BCUT2D eigenvalue weighted by Crippen LogP contribution is -2.26. The van der Waals surface area contributed by atoms with E-state index in [2.05, 4.69) is 35.6 Å². The van der Waals surface area contributed by atoms with Crippen LogP contribution in [0, 0.1) is 19.8 Å². The fourth-order valence-electron chi connectivity index (χ4n) is 3.01. The van der Waals surface area contributed by atoms with Gasteiger partial charge in [-0.05, 0) is 51.2 Å². The van der Waals surface area contributed by atoms with E-state index in [9.17, 15) is 0 Å². The molecule has 0 bridgehead atoms. The summed E-state index contributed by atoms with van der Waals surface area (Å²) >= 11 is 0. The molecular formula is C18H24N4. The van der Waals surface area contributed by atoms with Crippen LogP contribution in [0.2, 0.25) is 0 Å². The Morgan fingerprint density at radius 3 is 2.73 bits per heavy atom. The normalized spacial score (nSPS) is 19.0. The number of anilines is 1. The molecule has 0 radical (unpaired) electrons. The van der Waals surface area contributed by atoms with E-state index in [-0.39, 0.29) is 0 Å². The number of hydrogen-bond donors (Lipinski definition) is 0. The number of aryl methyl sites for hydroxylation is 1. The zero-order valence-electron chi connectivity index (χ0n) is 13.7. The average molecular weight is 296 g/mol. The van der Waals surface area contributed by atoms with Gasteiger partial charge in [-0.25, -0.2) is 9.97 Å². The lowest BCUT2D eigenvalue weighted by atomic mass is 10.0. The fraction of sp³-hybridized carbons (Fsp3) is 0.500. The van der Waals surface area contributed by atoms with E-state index in [1.54, 1.807) is 6.20 Å². The SMILES string of the molecule is Cc1nc(-c2ccccn2)nc(N2CCCC(C)CC2)c1C. The molecule has 0 aromatic carbocycles. The summed E-state index contributed by atoms with van der Waals surface area (Å²) in [4.78, 5) is 16.3. The van der Waals surface area contributed by atoms with Crippen LogP contribution in [0.15, 0.2) is 24.4 Å². The van der Waals surface area contributed by atoms with Gasteiger partial charge < -0.3 is 4.90 Å². The quantitative estimate of drug-likeness (QED) is 0.845. The van der Waals surface area contributed by atoms with Gasteiger partial charge in [-0.15, -0.1) is 0 Å². The summed E-state index contributed by atoms with van der Waals surface area (Å²) in [7, 11) is 0. The van der Waals surface area contributed by atoms with Crippen LogP contribution < -0.4 is 4.90 Å². The third-order valence-electron chi connectivity index (χ3n) is 4.57. The molecule has 1 fully saturated rings. The van der Waals surface area contributed by atoms with Crippen LogP contribution in [-0.4, -0.2) is 28.0 Å². The number of rotatable bonds is 2. The van der Waals surface area contributed by atoms with E-state index < -0.39 is 0 Å². The summed E-state index contributed by atoms with van der Waals surface area (Å²) in [6.07, 6.45) is 5.58. The van der Waals surface area contributed by atoms with Crippen molar-refractivity contribution in [3.63, 3.8) is 0 Å². The van der Waals surface area contributed by atoms with E-state index in [1.807, 2.05) is 18.2 Å². The second kappa shape index (κ2) is 6.42. The predicted molar refractivity (Wildman–Crippen MR) is 90.0 cm³/mol. The molecule has 22 heavy (non-hydrogen) atoms. The summed E-state index contributed by atoms with van der Waals surface area (Å²) in [5, 5.41) is 0. The van der Waals surface area contributed by atoms with Crippen molar-refractivity contribution in [3.8, 4) is 11.5 Å². The molecule has 2 aromatic rings. The monoisotopic (exact) mass is 296 g/mol. The fourth-order valence-corrected chi connectivity index (χ4v) is 3.01. The average Bonchev–Trinajstić information content (AvgIpc) is 2.75. The van der Waals surface area contributed by atoms with E-state index in [4.69, 9.17) is 4.98 Å². The smallest absolute Gasteiger partial charge is 0.180 e. The van der Waals surface area contributed by atoms with Crippen molar-refractivity contribution in [2.24, 2.45) is 5.92 Å². The van der Waals surface area contributed by atoms with Gasteiger partial charge in [0.25, 0.3) is 0 Å². The maximum atomic E-state index is 4.85. The van der Waals surface area contributed by atoms with Gasteiger partial charge in [-0.2, -0.15) is 0 Å². The highest BCUT2D eigenvalue weighted by Gasteiger charge is 2.19. The van der Waals surface area contributed by atoms with Gasteiger partial charge >= 0.3 is 0 Å². The lowest BCUT2D eigenvalue weighted by molar-refractivity contribution is 0.521. The number of hydrogen-bond acceptors (Lipinski definition) is 4. The standard InChI is InChI=1S/C18H24N4/c1-13-7-6-11-22(12-9-13)18-14(2)15(3)20-17(21-18)16-8-4-5-10-19-16/h4-5,8,10,13H,6-7,9,11-12H2,1-3H3. The molecule has 3 heterocycles. The van der Waals surface area contributed by atoms with Gasteiger partial charge in [0.2, 0.25) is 0 Å². The molecule has 0 aliphatic carbocycles. The molecule has 0 N–H and O–H groups in total. The van der Waals surface area contributed by atoms with Crippen molar-refractivity contribution in [1.82, 2.24) is 15.0 Å². The lowest BCUT2D eigenvalue weighted by Gasteiger charge is -2.24. The molecule has 0 amide bonds. The zero-order chi connectivity index (χ0) is 15.5. The molecule has 0 spiro atoms. The summed E-state index contributed by atoms with van der Waals surface area (Å²) in [6, 6.07) is 5.87. The molecule has 1 atom stereocenters. The second-order valence-electron chi connectivity index (χ2n) is 6.32. The van der Waals surface area contributed by atoms with E-state index >= 15 is 0 Å². The maximum absolute atomic E-state index is 4.85. The van der Waals surface area contributed by atoms with Crippen LogP contribution in [0.3, 0.4) is 0 Å². The van der Waals surface area contributed by atoms with Crippen LogP contribution in [0.4, 0.5) is 5.82 Å². The van der Waals surface area contributed by atoms with Gasteiger partial charge in [0.1, 0.15) is 11.5 Å². The molecule has 1 saturated heterocycles. The number of nitrogens with zero attached hydrogens (tertiary/aromatic N) is 4. The molecule has 116 valence electrons. The Morgan fingerprint density at radius 2 is 1.95 bits per heavy atom. The van der Waals surface area contributed by atoms with Crippen molar-refractivity contribution in [2.45, 2.75) is 40.0 Å². The van der Waals surface area contributed by atoms with Crippen molar-refractivity contribution >= 4 is 5.82 Å². The molecular weight excluding hydrogens is 272 g/mol. The van der Waals surface area contributed by atoms with Crippen LogP contribution >= 0.6 is 0 Å². The predicted octanol–water partition coefficient (Wildman–Crippen LogP) is 3.78. The van der Waals surface area contributed by atoms with Crippen LogP contribution in [0.5, 0.6) is 0 Å². The van der Waals surface area contributed by atoms with E-state index in [1.165, 1.54) is 24.8 Å². The Labute approximate surface area is 132 Å². The summed E-state index contributed by atoms with van der Waals surface area (Å²) in [5.41, 5.74) is 3.08. The first-order chi connectivity index (χ1) is 10.6. The third-order valence-corrected chi connectivity index (χ3v) is 4.57. The molecule has 4 heteroatoms. The highest BCUT2D eigenvalue weighted by atomic mass is 15.2. The van der Waals surface area contributed by atoms with Gasteiger partial charge in [0, 0.05) is 30.5 Å². The highest BCUT2D eigenvalue weighted by molar-refractivity contribution is 5.57. The topological polar surface area (TPSA) is 41.9 Å². The summed E-state index contributed by atoms with van der Waals surface area (Å²) in [6.45, 7) is 8.71. The highest BCUT2D eigenvalue weighted by Crippen LogP contribution is 2.27. The van der Waals surface area contributed by atoms with Gasteiger partial charge in [-0.1, -0.05) is 13.0 Å². The Hall–Kier alpha value is -1.97. The van der Waals surface area contributed by atoms with Crippen molar-refractivity contribution in [1.29, 1.82) is 0 Å². The van der Waals surface area contributed by atoms with Crippen molar-refractivity contribution in [2.75, 3.05) is 18.0 Å². The molecule has 4 nitrogen and oxygen atoms in total. The molecule has 3 rings (SSSR count). The van der Waals surface area contributed by atoms with Gasteiger partial charge in [-0.3, -0.25) is 4.98 Å². The minimum Gasteiger partial charge on any atom is -0.356 e. The Balaban J connectivity index is 1.98. The van der Waals surface area contributed by atoms with Crippen molar-refractivity contribution < 1.29 is 0 Å². The van der Waals surface area contributed by atoms with E-state index in [0.717, 1.165) is 42.0 Å². The van der Waals surface area contributed by atoms with E-state index in [0.29, 0.717) is 0 Å². The van der Waals surface area contributed by atoms with Crippen LogP contribution in [0.1, 0.15) is 37.4 Å². The minimum atomic E-state index is 0.732. The molecule has 2 aromatic heterocycles. The van der Waals surface area contributed by atoms with Crippen molar-refractivity contribution in [3.05, 3.63) is 35.7 Å². The van der Waals surface area contributed by atoms with Gasteiger partial charge in [0.15, 0.2) is 5.82 Å². The molecule has 1 aliphatic rings. The Bertz CT molecular complexity index is 639. The van der Waals surface area contributed by atoms with Crippen LogP contribution in [0.25, 0.3) is 11.5 Å². The molecule has 1 unspecified atom stereocenters. The first-order valence-corrected chi connectivity index (χ1v) is 8.16. The Kier molecular flexibility index (Phi) is 4.36. The zero-order valence-corrected chi connectivity index (χ0v) is 13.7. The summed E-state index contributed by atoms with van der Waals surface area (Å²) in [5.74, 6) is 2.63. The third kappa shape index (κ3) is 3.11. The molecule has 0 saturated carbocycles. The Morgan fingerprint density at radius 1 is 1.09 bits per heavy atom.